The Labute approximate surface area is 217 Å². The van der Waals surface area contributed by atoms with Crippen molar-refractivity contribution >= 4 is 17.5 Å². The molecule has 192 valence electrons. The molecule has 2 aliphatic rings. The molecule has 0 radical (unpaired) electrons. The predicted octanol–water partition coefficient (Wildman–Crippen LogP) is 5.31. The van der Waals surface area contributed by atoms with Crippen LogP contribution in [0.5, 0.6) is 17.2 Å². The summed E-state index contributed by atoms with van der Waals surface area (Å²) >= 11 is 0. The third kappa shape index (κ3) is 5.56. The van der Waals surface area contributed by atoms with Gasteiger partial charge in [0.25, 0.3) is 5.91 Å². The summed E-state index contributed by atoms with van der Waals surface area (Å²) in [5.74, 6) is 0.612. The van der Waals surface area contributed by atoms with Crippen LogP contribution in [-0.4, -0.2) is 36.2 Å². The van der Waals surface area contributed by atoms with Crippen LogP contribution in [0.1, 0.15) is 59.6 Å². The SMILES string of the molecule is Cc1ccc(N(C(=O)c2ccc3c(c2)OCCO3)C(C(=O)NC2CCCCC2)c2ccc(O)cc2)cc1. The van der Waals surface area contributed by atoms with Gasteiger partial charge < -0.3 is 19.9 Å². The van der Waals surface area contributed by atoms with E-state index in [1.807, 2.05) is 31.2 Å². The van der Waals surface area contributed by atoms with Crippen LogP contribution in [0, 0.1) is 6.92 Å². The van der Waals surface area contributed by atoms with Crippen molar-refractivity contribution in [3.63, 3.8) is 0 Å². The van der Waals surface area contributed by atoms with Crippen LogP contribution in [-0.2, 0) is 4.79 Å². The fraction of sp³-hybridized carbons (Fsp3) is 0.333. The monoisotopic (exact) mass is 500 g/mol. The number of carbonyl (C=O) groups excluding carboxylic acids is 2. The van der Waals surface area contributed by atoms with Gasteiger partial charge in [-0.2, -0.15) is 0 Å². The first kappa shape index (κ1) is 24.7. The molecule has 3 aromatic carbocycles. The minimum Gasteiger partial charge on any atom is -0.508 e. The van der Waals surface area contributed by atoms with Crippen molar-refractivity contribution in [1.82, 2.24) is 5.32 Å². The number of carbonyl (C=O) groups is 2. The number of amides is 2. The van der Waals surface area contributed by atoms with Crippen molar-refractivity contribution in [3.8, 4) is 17.2 Å². The summed E-state index contributed by atoms with van der Waals surface area (Å²) in [5.41, 5.74) is 2.64. The fourth-order valence-electron chi connectivity index (χ4n) is 5.01. The predicted molar refractivity (Wildman–Crippen MR) is 141 cm³/mol. The summed E-state index contributed by atoms with van der Waals surface area (Å²) in [6, 6.07) is 18.3. The van der Waals surface area contributed by atoms with E-state index in [0.717, 1.165) is 31.2 Å². The second-order valence-electron chi connectivity index (χ2n) is 9.71. The van der Waals surface area contributed by atoms with Crippen LogP contribution in [0.25, 0.3) is 0 Å². The molecule has 0 spiro atoms. The standard InChI is InChI=1S/C30H32N2O5/c1-20-7-12-24(13-8-20)32(30(35)22-11-16-26-27(19-22)37-18-17-36-26)28(21-9-14-25(33)15-10-21)29(34)31-23-5-3-2-4-6-23/h7-16,19,23,28,33H,2-6,17-18H2,1H3,(H,31,34). The van der Waals surface area contributed by atoms with Gasteiger partial charge >= 0.3 is 0 Å². The third-order valence-corrected chi connectivity index (χ3v) is 6.99. The molecule has 0 bridgehead atoms. The Bertz CT molecular complexity index is 1250. The average Bonchev–Trinajstić information content (AvgIpc) is 2.93. The van der Waals surface area contributed by atoms with E-state index in [9.17, 15) is 14.7 Å². The van der Waals surface area contributed by atoms with Gasteiger partial charge in [-0.15, -0.1) is 0 Å². The molecule has 1 atom stereocenters. The van der Waals surface area contributed by atoms with Gasteiger partial charge in [0.2, 0.25) is 5.91 Å². The number of nitrogens with one attached hydrogen (secondary N) is 1. The van der Waals surface area contributed by atoms with Gasteiger partial charge in [-0.1, -0.05) is 49.1 Å². The second kappa shape index (κ2) is 10.9. The number of phenolic OH excluding ortho intramolecular Hbond substituents is 1. The molecule has 2 N–H and O–H groups in total. The van der Waals surface area contributed by atoms with Crippen molar-refractivity contribution in [2.75, 3.05) is 18.1 Å². The molecule has 7 nitrogen and oxygen atoms in total. The number of nitrogens with zero attached hydrogens (tertiary/aromatic N) is 1. The quantitative estimate of drug-likeness (QED) is 0.479. The van der Waals surface area contributed by atoms with Gasteiger partial charge in [0.05, 0.1) is 0 Å². The smallest absolute Gasteiger partial charge is 0.259 e. The van der Waals surface area contributed by atoms with E-state index in [0.29, 0.717) is 41.5 Å². The van der Waals surface area contributed by atoms with Crippen LogP contribution in [0.15, 0.2) is 66.7 Å². The van der Waals surface area contributed by atoms with Crippen LogP contribution in [0.4, 0.5) is 5.69 Å². The van der Waals surface area contributed by atoms with E-state index in [2.05, 4.69) is 5.32 Å². The Hall–Kier alpha value is -4.00. The highest BCUT2D eigenvalue weighted by atomic mass is 16.6. The zero-order valence-corrected chi connectivity index (χ0v) is 21.0. The van der Waals surface area contributed by atoms with Crippen LogP contribution >= 0.6 is 0 Å². The van der Waals surface area contributed by atoms with Crippen molar-refractivity contribution in [1.29, 1.82) is 0 Å². The lowest BCUT2D eigenvalue weighted by atomic mass is 9.94. The van der Waals surface area contributed by atoms with Crippen LogP contribution in [0.2, 0.25) is 0 Å². The highest BCUT2D eigenvalue weighted by molar-refractivity contribution is 6.10. The van der Waals surface area contributed by atoms with Gasteiger partial charge in [0.1, 0.15) is 25.0 Å². The fourth-order valence-corrected chi connectivity index (χ4v) is 5.01. The first-order valence-electron chi connectivity index (χ1n) is 12.9. The second-order valence-corrected chi connectivity index (χ2v) is 9.71. The zero-order chi connectivity index (χ0) is 25.8. The number of anilines is 1. The Morgan fingerprint density at radius 2 is 1.57 bits per heavy atom. The summed E-state index contributed by atoms with van der Waals surface area (Å²) < 4.78 is 11.3. The van der Waals surface area contributed by atoms with Gasteiger partial charge in [-0.3, -0.25) is 14.5 Å². The molecule has 0 saturated heterocycles. The van der Waals surface area contributed by atoms with Crippen LogP contribution in [0.3, 0.4) is 0 Å². The Morgan fingerprint density at radius 3 is 2.27 bits per heavy atom. The van der Waals surface area contributed by atoms with E-state index in [-0.39, 0.29) is 23.6 Å². The molecule has 7 heteroatoms. The highest BCUT2D eigenvalue weighted by Gasteiger charge is 2.35. The molecule has 2 amide bonds. The molecular weight excluding hydrogens is 468 g/mol. The zero-order valence-electron chi connectivity index (χ0n) is 21.0. The summed E-state index contributed by atoms with van der Waals surface area (Å²) in [5, 5.41) is 13.1. The summed E-state index contributed by atoms with van der Waals surface area (Å²) in [6.07, 6.45) is 5.18. The normalized spacial score (nSPS) is 16.0. The lowest BCUT2D eigenvalue weighted by molar-refractivity contribution is -0.123. The van der Waals surface area contributed by atoms with Crippen molar-refractivity contribution < 1.29 is 24.2 Å². The molecule has 1 saturated carbocycles. The molecule has 1 aliphatic carbocycles. The molecular formula is C30H32N2O5. The number of ether oxygens (including phenoxy) is 2. The molecule has 1 fully saturated rings. The van der Waals surface area contributed by atoms with Gasteiger partial charge in [0, 0.05) is 17.3 Å². The first-order chi connectivity index (χ1) is 18.0. The van der Waals surface area contributed by atoms with Gasteiger partial charge in [-0.05, 0) is 67.8 Å². The number of aromatic hydroxyl groups is 1. The summed E-state index contributed by atoms with van der Waals surface area (Å²) in [7, 11) is 0. The number of hydrogen-bond acceptors (Lipinski definition) is 5. The van der Waals surface area contributed by atoms with Crippen molar-refractivity contribution in [2.45, 2.75) is 51.1 Å². The Balaban J connectivity index is 1.58. The van der Waals surface area contributed by atoms with E-state index in [1.165, 1.54) is 23.5 Å². The van der Waals surface area contributed by atoms with E-state index < -0.39 is 6.04 Å². The maximum atomic E-state index is 14.2. The molecule has 5 rings (SSSR count). The van der Waals surface area contributed by atoms with Gasteiger partial charge in [-0.25, -0.2) is 0 Å². The molecule has 1 unspecified atom stereocenters. The summed E-state index contributed by atoms with van der Waals surface area (Å²) in [6.45, 7) is 2.84. The molecule has 3 aromatic rings. The molecule has 0 aromatic heterocycles. The lowest BCUT2D eigenvalue weighted by Crippen LogP contribution is -2.47. The minimum atomic E-state index is -0.939. The Morgan fingerprint density at radius 1 is 0.892 bits per heavy atom. The number of fused-ring (bicyclic) bond motifs is 1. The third-order valence-electron chi connectivity index (χ3n) is 6.99. The number of phenols is 1. The van der Waals surface area contributed by atoms with E-state index in [4.69, 9.17) is 9.47 Å². The highest BCUT2D eigenvalue weighted by Crippen LogP contribution is 2.35. The van der Waals surface area contributed by atoms with Crippen molar-refractivity contribution in [3.05, 3.63) is 83.4 Å². The largest absolute Gasteiger partial charge is 0.508 e. The maximum Gasteiger partial charge on any atom is 0.259 e. The van der Waals surface area contributed by atoms with Crippen molar-refractivity contribution in [2.24, 2.45) is 0 Å². The van der Waals surface area contributed by atoms with E-state index >= 15 is 0 Å². The summed E-state index contributed by atoms with van der Waals surface area (Å²) in [4.78, 5) is 29.7. The van der Waals surface area contributed by atoms with E-state index in [1.54, 1.807) is 30.3 Å². The number of aryl methyl sites for hydroxylation is 1. The average molecular weight is 501 g/mol. The maximum absolute atomic E-state index is 14.2. The topological polar surface area (TPSA) is 88.1 Å². The number of benzene rings is 3. The first-order valence-corrected chi connectivity index (χ1v) is 12.9. The molecule has 1 aliphatic heterocycles. The number of rotatable bonds is 6. The Kier molecular flexibility index (Phi) is 7.30. The molecule has 1 heterocycles. The minimum absolute atomic E-state index is 0.0742. The van der Waals surface area contributed by atoms with Gasteiger partial charge in [0.15, 0.2) is 11.5 Å². The molecule has 37 heavy (non-hydrogen) atoms. The van der Waals surface area contributed by atoms with Crippen LogP contribution < -0.4 is 19.7 Å². The number of hydrogen-bond donors (Lipinski definition) is 2. The lowest BCUT2D eigenvalue weighted by Gasteiger charge is -2.34.